The Hall–Kier alpha value is -2.18. The van der Waals surface area contributed by atoms with Gasteiger partial charge >= 0.3 is 0 Å². The summed E-state index contributed by atoms with van der Waals surface area (Å²) in [4.78, 5) is 14.1. The van der Waals surface area contributed by atoms with Crippen molar-refractivity contribution in [3.63, 3.8) is 0 Å². The van der Waals surface area contributed by atoms with Crippen LogP contribution in [-0.4, -0.2) is 15.0 Å². The Morgan fingerprint density at radius 1 is 1.40 bits per heavy atom. The number of non-ortho nitro benzene ring substituents is 1. The average Bonchev–Trinajstić information content (AvgIpc) is 2.41. The monoisotopic (exact) mass is 294 g/mol. The number of pyridine rings is 1. The molecule has 0 radical (unpaired) electrons. The smallest absolute Gasteiger partial charge is 0.271 e. The molecule has 0 saturated heterocycles. The standard InChI is InChI=1S/C13H11ClN2O4/c1-8(17)12-4-3-10(7-15-12)20-13-5-2-9(16(18)19)6-11(13)14/h2-8,17H,1H3/t8-/m1/s1. The summed E-state index contributed by atoms with van der Waals surface area (Å²) < 4.78 is 5.48. The lowest BCUT2D eigenvalue weighted by molar-refractivity contribution is -0.384. The summed E-state index contributed by atoms with van der Waals surface area (Å²) in [6.07, 6.45) is 0.784. The molecule has 20 heavy (non-hydrogen) atoms. The molecule has 1 atom stereocenters. The molecule has 2 aromatic rings. The molecule has 0 aliphatic rings. The van der Waals surface area contributed by atoms with Crippen molar-refractivity contribution in [1.82, 2.24) is 4.98 Å². The number of aliphatic hydroxyl groups is 1. The zero-order valence-corrected chi connectivity index (χ0v) is 11.2. The molecule has 0 aliphatic carbocycles. The maximum atomic E-state index is 10.6. The molecular formula is C13H11ClN2O4. The van der Waals surface area contributed by atoms with Gasteiger partial charge < -0.3 is 9.84 Å². The Morgan fingerprint density at radius 2 is 2.15 bits per heavy atom. The summed E-state index contributed by atoms with van der Waals surface area (Å²) in [5.41, 5.74) is 0.414. The van der Waals surface area contributed by atoms with Gasteiger partial charge in [-0.2, -0.15) is 0 Å². The SMILES string of the molecule is C[C@@H](O)c1ccc(Oc2ccc([N+](=O)[O-])cc2Cl)cn1. The molecular weight excluding hydrogens is 284 g/mol. The topological polar surface area (TPSA) is 85.5 Å². The fourth-order valence-electron chi connectivity index (χ4n) is 1.51. The number of aliphatic hydroxyl groups excluding tert-OH is 1. The van der Waals surface area contributed by atoms with Crippen LogP contribution in [0.15, 0.2) is 36.5 Å². The van der Waals surface area contributed by atoms with E-state index in [-0.39, 0.29) is 10.7 Å². The summed E-state index contributed by atoms with van der Waals surface area (Å²) in [7, 11) is 0. The molecule has 0 bridgehead atoms. The van der Waals surface area contributed by atoms with Crippen molar-refractivity contribution >= 4 is 17.3 Å². The lowest BCUT2D eigenvalue weighted by Gasteiger charge is -2.08. The van der Waals surface area contributed by atoms with E-state index in [1.165, 1.54) is 24.4 Å². The van der Waals surface area contributed by atoms with Crippen LogP contribution in [0.5, 0.6) is 11.5 Å². The molecule has 6 nitrogen and oxygen atoms in total. The van der Waals surface area contributed by atoms with Gasteiger partial charge in [0.15, 0.2) is 0 Å². The van der Waals surface area contributed by atoms with Gasteiger partial charge in [-0.05, 0) is 25.1 Å². The van der Waals surface area contributed by atoms with E-state index in [0.29, 0.717) is 17.2 Å². The molecule has 0 unspecified atom stereocenters. The molecule has 1 N–H and O–H groups in total. The van der Waals surface area contributed by atoms with Gasteiger partial charge in [-0.15, -0.1) is 0 Å². The number of hydrogen-bond donors (Lipinski definition) is 1. The van der Waals surface area contributed by atoms with Crippen LogP contribution in [0.2, 0.25) is 5.02 Å². The van der Waals surface area contributed by atoms with E-state index >= 15 is 0 Å². The highest BCUT2D eigenvalue weighted by Gasteiger charge is 2.11. The number of aromatic nitrogens is 1. The predicted octanol–water partition coefficient (Wildman–Crippen LogP) is 3.49. The summed E-state index contributed by atoms with van der Waals surface area (Å²) >= 11 is 5.92. The molecule has 1 aromatic carbocycles. The van der Waals surface area contributed by atoms with Gasteiger partial charge in [0.05, 0.1) is 27.9 Å². The lowest BCUT2D eigenvalue weighted by Crippen LogP contribution is -1.95. The van der Waals surface area contributed by atoms with Crippen molar-refractivity contribution in [1.29, 1.82) is 0 Å². The largest absolute Gasteiger partial charge is 0.454 e. The maximum absolute atomic E-state index is 10.6. The van der Waals surface area contributed by atoms with E-state index in [4.69, 9.17) is 16.3 Å². The number of nitro groups is 1. The van der Waals surface area contributed by atoms with Crippen molar-refractivity contribution in [3.8, 4) is 11.5 Å². The average molecular weight is 295 g/mol. The van der Waals surface area contributed by atoms with Gasteiger partial charge in [0.1, 0.15) is 11.5 Å². The molecule has 2 rings (SSSR count). The van der Waals surface area contributed by atoms with Crippen LogP contribution in [-0.2, 0) is 0 Å². The second-order valence-electron chi connectivity index (χ2n) is 4.07. The second-order valence-corrected chi connectivity index (χ2v) is 4.48. The minimum Gasteiger partial charge on any atom is -0.454 e. The van der Waals surface area contributed by atoms with Gasteiger partial charge in [0.25, 0.3) is 5.69 Å². The van der Waals surface area contributed by atoms with Crippen molar-refractivity contribution in [2.45, 2.75) is 13.0 Å². The number of nitro benzene ring substituents is 1. The normalized spacial score (nSPS) is 11.9. The van der Waals surface area contributed by atoms with E-state index in [1.807, 2.05) is 0 Å². The minimum atomic E-state index is -0.660. The summed E-state index contributed by atoms with van der Waals surface area (Å²) in [5.74, 6) is 0.717. The molecule has 0 fully saturated rings. The molecule has 1 heterocycles. The molecule has 0 amide bonds. The van der Waals surface area contributed by atoms with E-state index in [1.54, 1.807) is 19.1 Å². The van der Waals surface area contributed by atoms with Crippen LogP contribution in [0.3, 0.4) is 0 Å². The Morgan fingerprint density at radius 3 is 2.65 bits per heavy atom. The maximum Gasteiger partial charge on any atom is 0.271 e. The Balaban J connectivity index is 2.19. The van der Waals surface area contributed by atoms with Gasteiger partial charge in [-0.3, -0.25) is 15.1 Å². The summed E-state index contributed by atoms with van der Waals surface area (Å²) in [6.45, 7) is 1.61. The molecule has 7 heteroatoms. The van der Waals surface area contributed by atoms with Crippen molar-refractivity contribution in [3.05, 3.63) is 57.4 Å². The predicted molar refractivity (Wildman–Crippen MR) is 73.1 cm³/mol. The fraction of sp³-hybridized carbons (Fsp3) is 0.154. The highest BCUT2D eigenvalue weighted by molar-refractivity contribution is 6.32. The zero-order chi connectivity index (χ0) is 14.7. The number of hydrogen-bond acceptors (Lipinski definition) is 5. The Kier molecular flexibility index (Phi) is 4.16. The van der Waals surface area contributed by atoms with E-state index in [9.17, 15) is 15.2 Å². The number of nitrogens with zero attached hydrogens (tertiary/aromatic N) is 2. The van der Waals surface area contributed by atoms with Crippen LogP contribution >= 0.6 is 11.6 Å². The highest BCUT2D eigenvalue weighted by atomic mass is 35.5. The first-order valence-corrected chi connectivity index (χ1v) is 6.11. The summed E-state index contributed by atoms with van der Waals surface area (Å²) in [6, 6.07) is 7.20. The second kappa shape index (κ2) is 5.85. The van der Waals surface area contributed by atoms with Gasteiger partial charge in [0.2, 0.25) is 0 Å². The fourth-order valence-corrected chi connectivity index (χ4v) is 1.73. The van der Waals surface area contributed by atoms with E-state index in [2.05, 4.69) is 4.98 Å². The molecule has 0 aliphatic heterocycles. The van der Waals surface area contributed by atoms with Crippen LogP contribution in [0.1, 0.15) is 18.7 Å². The van der Waals surface area contributed by atoms with Crippen LogP contribution in [0.4, 0.5) is 5.69 Å². The molecule has 0 spiro atoms. The van der Waals surface area contributed by atoms with Gasteiger partial charge in [0, 0.05) is 12.1 Å². The number of rotatable bonds is 4. The van der Waals surface area contributed by atoms with Crippen LogP contribution in [0.25, 0.3) is 0 Å². The van der Waals surface area contributed by atoms with Gasteiger partial charge in [-0.1, -0.05) is 11.6 Å². The van der Waals surface area contributed by atoms with Gasteiger partial charge in [-0.25, -0.2) is 0 Å². The Bertz CT molecular complexity index is 629. The first-order chi connectivity index (χ1) is 9.47. The number of benzene rings is 1. The van der Waals surface area contributed by atoms with Crippen molar-refractivity contribution in [2.24, 2.45) is 0 Å². The van der Waals surface area contributed by atoms with Crippen molar-refractivity contribution < 1.29 is 14.8 Å². The Labute approximate surface area is 119 Å². The number of ether oxygens (including phenoxy) is 1. The number of halogens is 1. The third kappa shape index (κ3) is 3.23. The molecule has 1 aromatic heterocycles. The minimum absolute atomic E-state index is 0.107. The third-order valence-corrected chi connectivity index (χ3v) is 2.84. The van der Waals surface area contributed by atoms with Crippen molar-refractivity contribution in [2.75, 3.05) is 0 Å². The third-order valence-electron chi connectivity index (χ3n) is 2.54. The summed E-state index contributed by atoms with van der Waals surface area (Å²) in [5, 5.41) is 20.1. The quantitative estimate of drug-likeness (QED) is 0.689. The van der Waals surface area contributed by atoms with E-state index in [0.717, 1.165) is 0 Å². The zero-order valence-electron chi connectivity index (χ0n) is 10.5. The molecule has 104 valence electrons. The van der Waals surface area contributed by atoms with Crippen LogP contribution < -0.4 is 4.74 Å². The highest BCUT2D eigenvalue weighted by Crippen LogP contribution is 2.32. The lowest BCUT2D eigenvalue weighted by atomic mass is 10.2. The first-order valence-electron chi connectivity index (χ1n) is 5.73. The van der Waals surface area contributed by atoms with Crippen LogP contribution in [0, 0.1) is 10.1 Å². The molecule has 0 saturated carbocycles. The first kappa shape index (κ1) is 14.2. The van der Waals surface area contributed by atoms with E-state index < -0.39 is 11.0 Å².